The molecule has 0 aliphatic carbocycles. The molecule has 1 aromatic rings. The van der Waals surface area contributed by atoms with Gasteiger partial charge < -0.3 is 9.84 Å². The van der Waals surface area contributed by atoms with Gasteiger partial charge in [0.15, 0.2) is 0 Å². The fraction of sp³-hybridized carbons (Fsp3) is 0.615. The third-order valence-electron chi connectivity index (χ3n) is 2.76. The molecule has 0 radical (unpaired) electrons. The lowest BCUT2D eigenvalue weighted by molar-refractivity contribution is 0.171. The highest BCUT2D eigenvalue weighted by molar-refractivity contribution is 8.00. The molecule has 0 saturated carbocycles. The fourth-order valence-corrected chi connectivity index (χ4v) is 3.31. The predicted octanol–water partition coefficient (Wildman–Crippen LogP) is 2.80. The van der Waals surface area contributed by atoms with Gasteiger partial charge in [-0.2, -0.15) is 11.8 Å². The minimum absolute atomic E-state index is 0.130. The number of ether oxygens (including phenoxy) is 1. The van der Waals surface area contributed by atoms with E-state index >= 15 is 0 Å². The molecule has 1 aliphatic rings. The lowest BCUT2D eigenvalue weighted by atomic mass is 10.1. The van der Waals surface area contributed by atoms with Crippen LogP contribution in [-0.2, 0) is 0 Å². The van der Waals surface area contributed by atoms with Crippen LogP contribution in [0.3, 0.4) is 0 Å². The second kappa shape index (κ2) is 5.74. The van der Waals surface area contributed by atoms with Crippen molar-refractivity contribution in [3.8, 4) is 5.75 Å². The van der Waals surface area contributed by atoms with Crippen LogP contribution in [0, 0.1) is 0 Å². The molecule has 2 heterocycles. The van der Waals surface area contributed by atoms with Crippen molar-refractivity contribution in [1.29, 1.82) is 0 Å². The number of nitrogens with zero attached hydrogens (tertiary/aromatic N) is 1. The van der Waals surface area contributed by atoms with Crippen LogP contribution >= 0.6 is 11.8 Å². The van der Waals surface area contributed by atoms with Crippen molar-refractivity contribution >= 4 is 11.8 Å². The van der Waals surface area contributed by atoms with E-state index in [1.165, 1.54) is 6.42 Å². The first-order chi connectivity index (χ1) is 8.16. The summed E-state index contributed by atoms with van der Waals surface area (Å²) in [6, 6.07) is 1.90. The zero-order valence-electron chi connectivity index (χ0n) is 10.3. The highest BCUT2D eigenvalue weighted by Crippen LogP contribution is 2.36. The van der Waals surface area contributed by atoms with Crippen molar-refractivity contribution in [2.24, 2.45) is 0 Å². The van der Waals surface area contributed by atoms with Gasteiger partial charge in [0.2, 0.25) is 0 Å². The Balaban J connectivity index is 2.09. The largest absolute Gasteiger partial charge is 0.489 e. The Bertz CT molecular complexity index is 364. The number of thioether (sulfide) groups is 1. The number of pyridine rings is 1. The molecule has 4 heteroatoms. The van der Waals surface area contributed by atoms with Gasteiger partial charge in [0, 0.05) is 17.0 Å². The Morgan fingerprint density at radius 3 is 2.94 bits per heavy atom. The molecule has 2 rings (SSSR count). The number of rotatable bonds is 4. The number of hydrogen-bond donors (Lipinski definition) is 1. The number of aromatic nitrogens is 1. The fourth-order valence-electron chi connectivity index (χ4n) is 2.00. The summed E-state index contributed by atoms with van der Waals surface area (Å²) in [5.41, 5.74) is 0.863. The Kier molecular flexibility index (Phi) is 4.29. The van der Waals surface area contributed by atoms with E-state index in [-0.39, 0.29) is 6.10 Å². The topological polar surface area (TPSA) is 42.4 Å². The monoisotopic (exact) mass is 253 g/mol. The summed E-state index contributed by atoms with van der Waals surface area (Å²) in [5.74, 6) is 1.89. The first kappa shape index (κ1) is 12.7. The van der Waals surface area contributed by atoms with Crippen molar-refractivity contribution in [1.82, 2.24) is 4.98 Å². The highest BCUT2D eigenvalue weighted by Gasteiger charge is 2.25. The summed E-state index contributed by atoms with van der Waals surface area (Å²) >= 11 is 1.85. The van der Waals surface area contributed by atoms with E-state index in [0.29, 0.717) is 5.25 Å². The first-order valence-electron chi connectivity index (χ1n) is 6.08. The van der Waals surface area contributed by atoms with E-state index in [1.807, 2.05) is 31.7 Å². The van der Waals surface area contributed by atoms with E-state index in [0.717, 1.165) is 23.5 Å². The van der Waals surface area contributed by atoms with Crippen LogP contribution in [0.4, 0.5) is 0 Å². The molecule has 3 nitrogen and oxygen atoms in total. The molecule has 2 atom stereocenters. The minimum Gasteiger partial charge on any atom is -0.489 e. The van der Waals surface area contributed by atoms with Crippen LogP contribution in [0.25, 0.3) is 0 Å². The third kappa shape index (κ3) is 3.36. The normalized spacial score (nSPS) is 21.8. The molecular formula is C13H19NO2S. The summed E-state index contributed by atoms with van der Waals surface area (Å²) in [5, 5.41) is 10.6. The van der Waals surface area contributed by atoms with Gasteiger partial charge in [-0.1, -0.05) is 0 Å². The maximum absolute atomic E-state index is 10.3. The molecule has 0 aromatic carbocycles. The highest BCUT2D eigenvalue weighted by atomic mass is 32.2. The molecule has 17 heavy (non-hydrogen) atoms. The molecule has 1 fully saturated rings. The molecule has 1 N–H and O–H groups in total. The molecule has 94 valence electrons. The van der Waals surface area contributed by atoms with Crippen LogP contribution in [0.2, 0.25) is 0 Å². The van der Waals surface area contributed by atoms with Gasteiger partial charge in [0.1, 0.15) is 5.75 Å². The van der Waals surface area contributed by atoms with Crippen LogP contribution in [0.1, 0.15) is 38.4 Å². The van der Waals surface area contributed by atoms with Gasteiger partial charge in [-0.3, -0.25) is 4.98 Å². The summed E-state index contributed by atoms with van der Waals surface area (Å²) in [7, 11) is 0. The Morgan fingerprint density at radius 2 is 2.29 bits per heavy atom. The van der Waals surface area contributed by atoms with Gasteiger partial charge in [0.25, 0.3) is 0 Å². The molecule has 1 aromatic heterocycles. The average Bonchev–Trinajstić information content (AvgIpc) is 2.81. The summed E-state index contributed by atoms with van der Waals surface area (Å²) in [4.78, 5) is 4.14. The van der Waals surface area contributed by atoms with Crippen LogP contribution in [0.15, 0.2) is 18.5 Å². The molecule has 2 unspecified atom stereocenters. The van der Waals surface area contributed by atoms with E-state index in [9.17, 15) is 5.11 Å². The van der Waals surface area contributed by atoms with Crippen LogP contribution < -0.4 is 4.74 Å². The van der Waals surface area contributed by atoms with Crippen molar-refractivity contribution in [3.05, 3.63) is 24.0 Å². The number of aliphatic hydroxyl groups excluding tert-OH is 1. The van der Waals surface area contributed by atoms with Gasteiger partial charge in [0.05, 0.1) is 18.4 Å². The summed E-state index contributed by atoms with van der Waals surface area (Å²) in [6.07, 6.45) is 5.41. The molecule has 1 aliphatic heterocycles. The van der Waals surface area contributed by atoms with Gasteiger partial charge in [-0.15, -0.1) is 0 Å². The number of hydrogen-bond acceptors (Lipinski definition) is 4. The molecule has 0 amide bonds. The maximum Gasteiger partial charge on any atom is 0.138 e. The Hall–Kier alpha value is -0.740. The lowest BCUT2D eigenvalue weighted by Gasteiger charge is -2.18. The summed E-state index contributed by atoms with van der Waals surface area (Å²) < 4.78 is 5.59. The van der Waals surface area contributed by atoms with Gasteiger partial charge in [-0.25, -0.2) is 0 Å². The lowest BCUT2D eigenvalue weighted by Crippen LogP contribution is -2.13. The smallest absolute Gasteiger partial charge is 0.138 e. The molecular weight excluding hydrogens is 234 g/mol. The van der Waals surface area contributed by atoms with Crippen molar-refractivity contribution in [3.63, 3.8) is 0 Å². The predicted molar refractivity (Wildman–Crippen MR) is 70.4 cm³/mol. The first-order valence-corrected chi connectivity index (χ1v) is 7.13. The average molecular weight is 253 g/mol. The van der Waals surface area contributed by atoms with E-state index in [4.69, 9.17) is 4.74 Å². The third-order valence-corrected chi connectivity index (χ3v) is 4.21. The zero-order chi connectivity index (χ0) is 12.3. The Labute approximate surface area is 107 Å². The van der Waals surface area contributed by atoms with Crippen LogP contribution in [0.5, 0.6) is 5.75 Å². The second-order valence-electron chi connectivity index (χ2n) is 4.62. The van der Waals surface area contributed by atoms with Crippen molar-refractivity contribution in [2.75, 3.05) is 5.75 Å². The molecule has 0 spiro atoms. The SMILES string of the molecule is CC(C)Oc1cncc(C(O)C2CCCS2)c1. The minimum atomic E-state index is -0.425. The quantitative estimate of drug-likeness (QED) is 0.896. The van der Waals surface area contributed by atoms with E-state index in [2.05, 4.69) is 4.98 Å². The van der Waals surface area contributed by atoms with E-state index in [1.54, 1.807) is 12.4 Å². The second-order valence-corrected chi connectivity index (χ2v) is 5.96. The molecule has 1 saturated heterocycles. The van der Waals surface area contributed by atoms with Gasteiger partial charge in [-0.05, 0) is 38.5 Å². The standard InChI is InChI=1S/C13H19NO2S/c1-9(2)16-11-6-10(7-14-8-11)13(15)12-4-3-5-17-12/h6-9,12-13,15H,3-5H2,1-2H3. The number of aliphatic hydroxyl groups is 1. The molecule has 0 bridgehead atoms. The van der Waals surface area contributed by atoms with E-state index < -0.39 is 6.10 Å². The maximum atomic E-state index is 10.3. The van der Waals surface area contributed by atoms with Crippen molar-refractivity contribution in [2.45, 2.75) is 44.1 Å². The summed E-state index contributed by atoms with van der Waals surface area (Å²) in [6.45, 7) is 3.96. The van der Waals surface area contributed by atoms with Gasteiger partial charge >= 0.3 is 0 Å². The van der Waals surface area contributed by atoms with Crippen molar-refractivity contribution < 1.29 is 9.84 Å². The van der Waals surface area contributed by atoms with Crippen LogP contribution in [-0.4, -0.2) is 27.2 Å². The zero-order valence-corrected chi connectivity index (χ0v) is 11.1. The Morgan fingerprint density at radius 1 is 1.47 bits per heavy atom.